The molecule has 3 nitrogen and oxygen atoms in total. The fraction of sp³-hybridized carbons (Fsp3) is 0.235. The lowest BCUT2D eigenvalue weighted by Crippen LogP contribution is -2.29. The van der Waals surface area contributed by atoms with Crippen LogP contribution in [0.3, 0.4) is 0 Å². The normalized spacial score (nSPS) is 10.8. The summed E-state index contributed by atoms with van der Waals surface area (Å²) < 4.78 is 13.1. The summed E-state index contributed by atoms with van der Waals surface area (Å²) in [5.74, 6) is -0.675. The van der Waals surface area contributed by atoms with Crippen LogP contribution in [0.25, 0.3) is 0 Å². The SMILES string of the molecule is CSc1ccc(CN(C)CC(=O)Nc2ccc(F)c(Cl)c2)cc1. The highest BCUT2D eigenvalue weighted by Crippen LogP contribution is 2.19. The molecule has 2 aromatic rings. The van der Waals surface area contributed by atoms with Crippen LogP contribution >= 0.6 is 23.4 Å². The third-order valence-electron chi connectivity index (χ3n) is 3.23. The largest absolute Gasteiger partial charge is 0.325 e. The monoisotopic (exact) mass is 352 g/mol. The summed E-state index contributed by atoms with van der Waals surface area (Å²) in [6.07, 6.45) is 2.03. The molecule has 0 spiro atoms. The summed E-state index contributed by atoms with van der Waals surface area (Å²) in [7, 11) is 1.87. The summed E-state index contributed by atoms with van der Waals surface area (Å²) in [6, 6.07) is 12.4. The quantitative estimate of drug-likeness (QED) is 0.788. The molecule has 0 heterocycles. The Morgan fingerprint density at radius 3 is 2.57 bits per heavy atom. The summed E-state index contributed by atoms with van der Waals surface area (Å²) in [6.45, 7) is 0.908. The van der Waals surface area contributed by atoms with Gasteiger partial charge in [0.15, 0.2) is 0 Å². The standard InChI is InChI=1S/C17H18ClFN2OS/c1-21(10-12-3-6-14(23-2)7-4-12)11-17(22)20-13-5-8-16(19)15(18)9-13/h3-9H,10-11H2,1-2H3,(H,20,22). The number of hydrogen-bond donors (Lipinski definition) is 1. The van der Waals surface area contributed by atoms with Gasteiger partial charge in [-0.05, 0) is 49.2 Å². The minimum Gasteiger partial charge on any atom is -0.325 e. The van der Waals surface area contributed by atoms with E-state index in [4.69, 9.17) is 11.6 Å². The van der Waals surface area contributed by atoms with E-state index in [0.29, 0.717) is 12.2 Å². The van der Waals surface area contributed by atoms with Crippen molar-refractivity contribution in [1.29, 1.82) is 0 Å². The average Bonchev–Trinajstić information content (AvgIpc) is 2.51. The third kappa shape index (κ3) is 5.53. The van der Waals surface area contributed by atoms with Crippen LogP contribution in [0.4, 0.5) is 10.1 Å². The zero-order valence-electron chi connectivity index (χ0n) is 13.0. The number of thioether (sulfide) groups is 1. The van der Waals surface area contributed by atoms with Gasteiger partial charge in [0.1, 0.15) is 5.82 Å². The van der Waals surface area contributed by atoms with Crippen LogP contribution in [-0.4, -0.2) is 30.7 Å². The first-order valence-electron chi connectivity index (χ1n) is 7.04. The van der Waals surface area contributed by atoms with Crippen LogP contribution in [0.2, 0.25) is 5.02 Å². The Morgan fingerprint density at radius 1 is 1.26 bits per heavy atom. The van der Waals surface area contributed by atoms with Gasteiger partial charge in [-0.2, -0.15) is 0 Å². The van der Waals surface area contributed by atoms with Crippen molar-refractivity contribution < 1.29 is 9.18 Å². The Balaban J connectivity index is 1.87. The van der Waals surface area contributed by atoms with E-state index < -0.39 is 5.82 Å². The lowest BCUT2D eigenvalue weighted by Gasteiger charge is -2.16. The molecule has 0 atom stereocenters. The molecule has 0 aliphatic carbocycles. The molecule has 0 unspecified atom stereocenters. The zero-order chi connectivity index (χ0) is 16.8. The summed E-state index contributed by atoms with van der Waals surface area (Å²) in [4.78, 5) is 15.1. The highest BCUT2D eigenvalue weighted by Gasteiger charge is 2.09. The number of nitrogens with zero attached hydrogens (tertiary/aromatic N) is 1. The van der Waals surface area contributed by atoms with Crippen molar-refractivity contribution in [3.63, 3.8) is 0 Å². The Morgan fingerprint density at radius 2 is 1.96 bits per heavy atom. The van der Waals surface area contributed by atoms with Crippen molar-refractivity contribution in [1.82, 2.24) is 4.90 Å². The molecule has 0 aliphatic rings. The minimum atomic E-state index is -0.504. The van der Waals surface area contributed by atoms with E-state index >= 15 is 0 Å². The minimum absolute atomic E-state index is 0.00922. The van der Waals surface area contributed by atoms with E-state index in [1.54, 1.807) is 11.8 Å². The smallest absolute Gasteiger partial charge is 0.238 e. The number of nitrogens with one attached hydrogen (secondary N) is 1. The van der Waals surface area contributed by atoms with Gasteiger partial charge in [-0.15, -0.1) is 11.8 Å². The average molecular weight is 353 g/mol. The summed E-state index contributed by atoms with van der Waals surface area (Å²) in [5.41, 5.74) is 1.63. The van der Waals surface area contributed by atoms with Gasteiger partial charge in [0.2, 0.25) is 5.91 Å². The molecule has 1 N–H and O–H groups in total. The van der Waals surface area contributed by atoms with Gasteiger partial charge in [-0.25, -0.2) is 4.39 Å². The fourth-order valence-electron chi connectivity index (χ4n) is 2.12. The molecule has 0 saturated heterocycles. The molecule has 0 saturated carbocycles. The Hall–Kier alpha value is -1.56. The molecule has 6 heteroatoms. The van der Waals surface area contributed by atoms with Crippen molar-refractivity contribution in [3.8, 4) is 0 Å². The van der Waals surface area contributed by atoms with Crippen LogP contribution in [0, 0.1) is 5.82 Å². The number of amides is 1. The van der Waals surface area contributed by atoms with Crippen molar-refractivity contribution in [2.45, 2.75) is 11.4 Å². The van der Waals surface area contributed by atoms with Crippen molar-refractivity contribution >= 4 is 35.0 Å². The number of hydrogen-bond acceptors (Lipinski definition) is 3. The van der Waals surface area contributed by atoms with E-state index in [2.05, 4.69) is 29.6 Å². The molecule has 0 aromatic heterocycles. The van der Waals surface area contributed by atoms with E-state index in [9.17, 15) is 9.18 Å². The molecule has 0 bridgehead atoms. The number of carbonyl (C=O) groups is 1. The first-order valence-corrected chi connectivity index (χ1v) is 8.64. The fourth-order valence-corrected chi connectivity index (χ4v) is 2.71. The van der Waals surface area contributed by atoms with Crippen molar-refractivity contribution in [3.05, 3.63) is 58.9 Å². The zero-order valence-corrected chi connectivity index (χ0v) is 14.5. The van der Waals surface area contributed by atoms with Gasteiger partial charge in [0, 0.05) is 17.1 Å². The maximum absolute atomic E-state index is 13.1. The van der Waals surface area contributed by atoms with E-state index in [-0.39, 0.29) is 17.5 Å². The van der Waals surface area contributed by atoms with Crippen LogP contribution < -0.4 is 5.32 Å². The van der Waals surface area contributed by atoms with Gasteiger partial charge in [0.25, 0.3) is 0 Å². The molecule has 0 radical (unpaired) electrons. The summed E-state index contributed by atoms with van der Waals surface area (Å²) in [5, 5.41) is 2.70. The highest BCUT2D eigenvalue weighted by molar-refractivity contribution is 7.98. The van der Waals surface area contributed by atoms with Gasteiger partial charge >= 0.3 is 0 Å². The highest BCUT2D eigenvalue weighted by atomic mass is 35.5. The van der Waals surface area contributed by atoms with E-state index in [0.717, 1.165) is 5.56 Å². The number of rotatable bonds is 6. The second-order valence-corrected chi connectivity index (χ2v) is 6.48. The lowest BCUT2D eigenvalue weighted by atomic mass is 10.2. The number of anilines is 1. The lowest BCUT2D eigenvalue weighted by molar-refractivity contribution is -0.117. The number of carbonyl (C=O) groups excluding carboxylic acids is 1. The Labute approximate surface area is 144 Å². The first kappa shape index (κ1) is 17.8. The molecular formula is C17H18ClFN2OS. The maximum Gasteiger partial charge on any atom is 0.238 e. The van der Waals surface area contributed by atoms with Gasteiger partial charge in [-0.1, -0.05) is 23.7 Å². The van der Waals surface area contributed by atoms with Gasteiger partial charge in [-0.3, -0.25) is 9.69 Å². The Bertz CT molecular complexity index is 679. The number of likely N-dealkylation sites (N-methyl/N-ethyl adjacent to an activating group) is 1. The van der Waals surface area contributed by atoms with Gasteiger partial charge < -0.3 is 5.32 Å². The maximum atomic E-state index is 13.1. The van der Waals surface area contributed by atoms with E-state index in [1.165, 1.54) is 23.1 Å². The van der Waals surface area contributed by atoms with Gasteiger partial charge in [0.05, 0.1) is 11.6 Å². The van der Waals surface area contributed by atoms with Crippen LogP contribution in [0.1, 0.15) is 5.56 Å². The van der Waals surface area contributed by atoms with Crippen LogP contribution in [0.15, 0.2) is 47.4 Å². The summed E-state index contributed by atoms with van der Waals surface area (Å²) >= 11 is 7.39. The molecule has 2 rings (SSSR count). The molecular weight excluding hydrogens is 335 g/mol. The molecule has 1 amide bonds. The predicted octanol–water partition coefficient (Wildman–Crippen LogP) is 4.27. The second-order valence-electron chi connectivity index (χ2n) is 5.20. The molecule has 2 aromatic carbocycles. The first-order chi connectivity index (χ1) is 11.0. The predicted molar refractivity (Wildman–Crippen MR) is 94.6 cm³/mol. The molecule has 0 fully saturated rings. The topological polar surface area (TPSA) is 32.3 Å². The van der Waals surface area contributed by atoms with Crippen LogP contribution in [-0.2, 0) is 11.3 Å². The number of benzene rings is 2. The Kier molecular flexibility index (Phi) is 6.45. The van der Waals surface area contributed by atoms with Crippen molar-refractivity contribution in [2.75, 3.05) is 25.2 Å². The van der Waals surface area contributed by atoms with Crippen LogP contribution in [0.5, 0.6) is 0 Å². The third-order valence-corrected chi connectivity index (χ3v) is 4.26. The molecule has 23 heavy (non-hydrogen) atoms. The van der Waals surface area contributed by atoms with Crippen molar-refractivity contribution in [2.24, 2.45) is 0 Å². The number of halogens is 2. The molecule has 122 valence electrons. The second kappa shape index (κ2) is 8.34. The van der Waals surface area contributed by atoms with E-state index in [1.807, 2.05) is 18.2 Å². The molecule has 0 aliphatic heterocycles.